The summed E-state index contributed by atoms with van der Waals surface area (Å²) in [5.41, 5.74) is 4.28. The molecule has 0 radical (unpaired) electrons. The number of hydrogen-bond donors (Lipinski definition) is 0. The lowest BCUT2D eigenvalue weighted by molar-refractivity contribution is -0.137. The van der Waals surface area contributed by atoms with E-state index in [0.717, 1.165) is 40.9 Å². The molecule has 162 valence electrons. The summed E-state index contributed by atoms with van der Waals surface area (Å²) in [6, 6.07) is 12.4. The first-order valence-corrected chi connectivity index (χ1v) is 10.2. The van der Waals surface area contributed by atoms with Crippen molar-refractivity contribution >= 4 is 0 Å². The first kappa shape index (κ1) is 21.5. The fourth-order valence-electron chi connectivity index (χ4n) is 4.30. The highest BCUT2D eigenvalue weighted by molar-refractivity contribution is 5.40. The van der Waals surface area contributed by atoms with E-state index in [-0.39, 0.29) is 24.4 Å². The quantitative estimate of drug-likeness (QED) is 0.441. The van der Waals surface area contributed by atoms with Crippen molar-refractivity contribution in [1.82, 2.24) is 4.98 Å². The van der Waals surface area contributed by atoms with E-state index in [2.05, 4.69) is 11.1 Å². The molecular formula is C25H23F4NO. The van der Waals surface area contributed by atoms with Gasteiger partial charge in [0.05, 0.1) is 18.3 Å². The van der Waals surface area contributed by atoms with E-state index in [4.69, 9.17) is 4.74 Å². The highest BCUT2D eigenvalue weighted by Crippen LogP contribution is 2.39. The molecule has 3 aromatic rings. The maximum absolute atomic E-state index is 13.5. The number of pyridine rings is 1. The standard InChI is InChI=1S/C25H23F4NO/c1-15-9-17(12-19(10-15)25(27,28)29)14-31-23-8-7-22-21(11-16(2)13-30-22)24(23)18-3-5-20(26)6-4-18/h3-6,9-13,23-24H,7-8,14H2,1-2H3/t23-,24-/m0/s1. The van der Waals surface area contributed by atoms with Crippen molar-refractivity contribution in [2.45, 2.75) is 51.5 Å². The summed E-state index contributed by atoms with van der Waals surface area (Å²) < 4.78 is 59.3. The first-order chi connectivity index (χ1) is 14.7. The Morgan fingerprint density at radius 2 is 1.74 bits per heavy atom. The number of hydrogen-bond acceptors (Lipinski definition) is 2. The molecule has 31 heavy (non-hydrogen) atoms. The molecule has 0 bridgehead atoms. The number of fused-ring (bicyclic) bond motifs is 1. The molecule has 2 atom stereocenters. The van der Waals surface area contributed by atoms with Crippen LogP contribution in [0.25, 0.3) is 0 Å². The van der Waals surface area contributed by atoms with Gasteiger partial charge in [-0.2, -0.15) is 13.2 Å². The highest BCUT2D eigenvalue weighted by Gasteiger charge is 2.33. The van der Waals surface area contributed by atoms with Crippen molar-refractivity contribution in [3.05, 3.63) is 99.6 Å². The Labute approximate surface area is 178 Å². The van der Waals surface area contributed by atoms with Gasteiger partial charge in [0, 0.05) is 17.8 Å². The lowest BCUT2D eigenvalue weighted by atomic mass is 9.78. The largest absolute Gasteiger partial charge is 0.416 e. The lowest BCUT2D eigenvalue weighted by Crippen LogP contribution is -2.30. The van der Waals surface area contributed by atoms with Crippen LogP contribution in [0.5, 0.6) is 0 Å². The van der Waals surface area contributed by atoms with Crippen molar-refractivity contribution in [2.75, 3.05) is 0 Å². The predicted molar refractivity (Wildman–Crippen MR) is 110 cm³/mol. The van der Waals surface area contributed by atoms with Gasteiger partial charge in [-0.3, -0.25) is 4.98 Å². The molecule has 4 rings (SSSR count). The number of alkyl halides is 3. The second-order valence-electron chi connectivity index (χ2n) is 8.17. The number of halogens is 4. The third-order valence-electron chi connectivity index (χ3n) is 5.67. The molecule has 1 aromatic heterocycles. The Kier molecular flexibility index (Phi) is 5.84. The molecule has 2 aromatic carbocycles. The van der Waals surface area contributed by atoms with Crippen LogP contribution >= 0.6 is 0 Å². The molecule has 0 unspecified atom stereocenters. The third-order valence-corrected chi connectivity index (χ3v) is 5.67. The number of rotatable bonds is 4. The molecule has 1 aliphatic rings. The summed E-state index contributed by atoms with van der Waals surface area (Å²) >= 11 is 0. The minimum Gasteiger partial charge on any atom is -0.373 e. The summed E-state index contributed by atoms with van der Waals surface area (Å²) in [6.07, 6.45) is -1.42. The molecule has 0 saturated heterocycles. The normalized spacial score (nSPS) is 18.6. The van der Waals surface area contributed by atoms with Gasteiger partial charge in [-0.25, -0.2) is 4.39 Å². The molecule has 0 N–H and O–H groups in total. The van der Waals surface area contributed by atoms with Crippen LogP contribution in [0.2, 0.25) is 0 Å². The van der Waals surface area contributed by atoms with Gasteiger partial charge in [0.2, 0.25) is 0 Å². The Morgan fingerprint density at radius 1 is 1.00 bits per heavy atom. The van der Waals surface area contributed by atoms with Gasteiger partial charge >= 0.3 is 6.18 Å². The number of aryl methyl sites for hydroxylation is 3. The second-order valence-corrected chi connectivity index (χ2v) is 8.17. The molecule has 2 nitrogen and oxygen atoms in total. The summed E-state index contributed by atoms with van der Waals surface area (Å²) in [6.45, 7) is 3.68. The van der Waals surface area contributed by atoms with Crippen molar-refractivity contribution in [2.24, 2.45) is 0 Å². The van der Waals surface area contributed by atoms with Crippen LogP contribution in [0.4, 0.5) is 17.6 Å². The number of aromatic nitrogens is 1. The zero-order chi connectivity index (χ0) is 22.2. The summed E-state index contributed by atoms with van der Waals surface area (Å²) in [4.78, 5) is 4.56. The van der Waals surface area contributed by atoms with Crippen molar-refractivity contribution in [1.29, 1.82) is 0 Å². The van der Waals surface area contributed by atoms with Crippen LogP contribution in [0, 0.1) is 19.7 Å². The monoisotopic (exact) mass is 429 g/mol. The zero-order valence-electron chi connectivity index (χ0n) is 17.3. The van der Waals surface area contributed by atoms with Crippen molar-refractivity contribution < 1.29 is 22.3 Å². The minimum absolute atomic E-state index is 0.0711. The van der Waals surface area contributed by atoms with Gasteiger partial charge in [0.1, 0.15) is 5.82 Å². The summed E-state index contributed by atoms with van der Waals surface area (Å²) in [5, 5.41) is 0. The molecule has 0 fully saturated rings. The van der Waals surface area contributed by atoms with Gasteiger partial charge in [-0.1, -0.05) is 29.8 Å². The molecule has 0 saturated carbocycles. The Hall–Kier alpha value is -2.73. The topological polar surface area (TPSA) is 22.1 Å². The van der Waals surface area contributed by atoms with Gasteiger partial charge in [-0.05, 0) is 73.2 Å². The van der Waals surface area contributed by atoms with Gasteiger partial charge in [0.15, 0.2) is 0 Å². The second kappa shape index (κ2) is 8.42. The van der Waals surface area contributed by atoms with E-state index < -0.39 is 11.7 Å². The molecule has 0 spiro atoms. The molecule has 0 amide bonds. The Bertz CT molecular complexity index is 1080. The first-order valence-electron chi connectivity index (χ1n) is 10.2. The SMILES string of the molecule is Cc1cc(CO[C@H]2CCc3ncc(C)cc3[C@@H]2c2ccc(F)cc2)cc(C(F)(F)F)c1. The van der Waals surface area contributed by atoms with Crippen LogP contribution in [0.1, 0.15) is 51.4 Å². The molecule has 1 aliphatic carbocycles. The number of benzene rings is 2. The van der Waals surface area contributed by atoms with Crippen LogP contribution < -0.4 is 0 Å². The molecule has 6 heteroatoms. The average Bonchev–Trinajstić information content (AvgIpc) is 2.71. The Morgan fingerprint density at radius 3 is 2.45 bits per heavy atom. The van der Waals surface area contributed by atoms with E-state index in [0.29, 0.717) is 17.5 Å². The summed E-state index contributed by atoms with van der Waals surface area (Å²) in [7, 11) is 0. The lowest BCUT2D eigenvalue weighted by Gasteiger charge is -2.34. The highest BCUT2D eigenvalue weighted by atomic mass is 19.4. The maximum atomic E-state index is 13.5. The summed E-state index contributed by atoms with van der Waals surface area (Å²) in [5.74, 6) is -0.484. The van der Waals surface area contributed by atoms with E-state index in [1.54, 1.807) is 25.1 Å². The van der Waals surface area contributed by atoms with Gasteiger partial charge in [-0.15, -0.1) is 0 Å². The fraction of sp³-hybridized carbons (Fsp3) is 0.320. The zero-order valence-corrected chi connectivity index (χ0v) is 17.3. The van der Waals surface area contributed by atoms with Crippen LogP contribution in [-0.2, 0) is 23.9 Å². The molecule has 1 heterocycles. The molecule has 0 aliphatic heterocycles. The number of ether oxygens (including phenoxy) is 1. The van der Waals surface area contributed by atoms with Crippen LogP contribution in [-0.4, -0.2) is 11.1 Å². The number of nitrogens with zero attached hydrogens (tertiary/aromatic N) is 1. The third kappa shape index (κ3) is 4.79. The van der Waals surface area contributed by atoms with Crippen LogP contribution in [0.15, 0.2) is 54.7 Å². The van der Waals surface area contributed by atoms with E-state index in [9.17, 15) is 17.6 Å². The van der Waals surface area contributed by atoms with Crippen LogP contribution in [0.3, 0.4) is 0 Å². The smallest absolute Gasteiger partial charge is 0.373 e. The van der Waals surface area contributed by atoms with E-state index in [1.165, 1.54) is 12.1 Å². The average molecular weight is 429 g/mol. The van der Waals surface area contributed by atoms with E-state index >= 15 is 0 Å². The maximum Gasteiger partial charge on any atom is 0.416 e. The fourth-order valence-corrected chi connectivity index (χ4v) is 4.30. The van der Waals surface area contributed by atoms with E-state index in [1.807, 2.05) is 13.1 Å². The van der Waals surface area contributed by atoms with Crippen molar-refractivity contribution in [3.8, 4) is 0 Å². The van der Waals surface area contributed by atoms with Gasteiger partial charge < -0.3 is 4.74 Å². The minimum atomic E-state index is -4.40. The predicted octanol–water partition coefficient (Wildman–Crippen LogP) is 6.52. The molecular weight excluding hydrogens is 406 g/mol. The van der Waals surface area contributed by atoms with Crippen molar-refractivity contribution in [3.63, 3.8) is 0 Å². The Balaban J connectivity index is 1.64. The van der Waals surface area contributed by atoms with Gasteiger partial charge in [0.25, 0.3) is 0 Å².